The molecule has 2 N–H and O–H groups in total. The lowest BCUT2D eigenvalue weighted by Gasteiger charge is -2.03. The van der Waals surface area contributed by atoms with Crippen LogP contribution >= 0.6 is 11.3 Å². The molecular formula is C9H15N5S. The monoisotopic (exact) mass is 225 g/mol. The molecule has 15 heavy (non-hydrogen) atoms. The van der Waals surface area contributed by atoms with E-state index in [0.29, 0.717) is 0 Å². The molecule has 1 atom stereocenters. The zero-order chi connectivity index (χ0) is 10.8. The average Bonchev–Trinajstić information content (AvgIpc) is 2.76. The van der Waals surface area contributed by atoms with Gasteiger partial charge in [0.25, 0.3) is 0 Å². The van der Waals surface area contributed by atoms with Crippen molar-refractivity contribution in [2.24, 2.45) is 5.73 Å². The zero-order valence-corrected chi connectivity index (χ0v) is 9.79. The smallest absolute Gasteiger partial charge is 0.234 e. The van der Waals surface area contributed by atoms with Crippen LogP contribution in [0.1, 0.15) is 31.1 Å². The van der Waals surface area contributed by atoms with Crippen LogP contribution in [0.15, 0.2) is 0 Å². The molecule has 0 amide bonds. The van der Waals surface area contributed by atoms with E-state index in [-0.39, 0.29) is 6.04 Å². The van der Waals surface area contributed by atoms with Gasteiger partial charge in [-0.2, -0.15) is 9.61 Å². The van der Waals surface area contributed by atoms with Crippen LogP contribution in [0.2, 0.25) is 0 Å². The second kappa shape index (κ2) is 4.24. The lowest BCUT2D eigenvalue weighted by Crippen LogP contribution is -2.21. The van der Waals surface area contributed by atoms with Crippen LogP contribution < -0.4 is 5.73 Å². The third-order valence-electron chi connectivity index (χ3n) is 2.37. The summed E-state index contributed by atoms with van der Waals surface area (Å²) < 4.78 is 1.82. The van der Waals surface area contributed by atoms with Crippen molar-refractivity contribution in [1.29, 1.82) is 0 Å². The minimum Gasteiger partial charge on any atom is -0.327 e. The minimum absolute atomic E-state index is 0.193. The molecular weight excluding hydrogens is 210 g/mol. The van der Waals surface area contributed by atoms with Gasteiger partial charge in [-0.3, -0.25) is 0 Å². The molecule has 6 heteroatoms. The number of nitrogens with zero attached hydrogens (tertiary/aromatic N) is 4. The Labute approximate surface area is 92.3 Å². The summed E-state index contributed by atoms with van der Waals surface area (Å²) in [6, 6.07) is 0.193. The van der Waals surface area contributed by atoms with Crippen molar-refractivity contribution in [3.63, 3.8) is 0 Å². The predicted molar refractivity (Wildman–Crippen MR) is 60.0 cm³/mol. The molecule has 0 fully saturated rings. The van der Waals surface area contributed by atoms with E-state index in [4.69, 9.17) is 5.73 Å². The molecule has 82 valence electrons. The Morgan fingerprint density at radius 3 is 2.87 bits per heavy atom. The number of hydrogen-bond donors (Lipinski definition) is 1. The first-order chi connectivity index (χ1) is 7.24. The highest BCUT2D eigenvalue weighted by Gasteiger charge is 2.11. The van der Waals surface area contributed by atoms with E-state index in [0.717, 1.165) is 35.1 Å². The Kier molecular flexibility index (Phi) is 2.97. The van der Waals surface area contributed by atoms with E-state index in [2.05, 4.69) is 22.2 Å². The van der Waals surface area contributed by atoms with Gasteiger partial charge in [-0.25, -0.2) is 0 Å². The molecule has 0 radical (unpaired) electrons. The minimum atomic E-state index is 0.193. The highest BCUT2D eigenvalue weighted by Crippen LogP contribution is 2.15. The van der Waals surface area contributed by atoms with Gasteiger partial charge in [0.2, 0.25) is 4.96 Å². The van der Waals surface area contributed by atoms with Crippen molar-refractivity contribution in [3.8, 4) is 0 Å². The predicted octanol–water partition coefficient (Wildman–Crippen LogP) is 1.03. The Balaban J connectivity index is 2.27. The van der Waals surface area contributed by atoms with Gasteiger partial charge in [0.15, 0.2) is 5.82 Å². The highest BCUT2D eigenvalue weighted by molar-refractivity contribution is 7.16. The van der Waals surface area contributed by atoms with Gasteiger partial charge in [0, 0.05) is 18.9 Å². The van der Waals surface area contributed by atoms with Crippen LogP contribution in [-0.4, -0.2) is 25.9 Å². The Hall–Kier alpha value is -1.01. The molecule has 1 unspecified atom stereocenters. The van der Waals surface area contributed by atoms with Gasteiger partial charge in [-0.1, -0.05) is 25.2 Å². The molecule has 0 spiro atoms. The Morgan fingerprint density at radius 2 is 2.20 bits per heavy atom. The first kappa shape index (κ1) is 10.5. The summed E-state index contributed by atoms with van der Waals surface area (Å²) in [6.45, 7) is 4.13. The SMILES string of the molecule is CCc1nnc2sc(CC(N)CC)nn12. The lowest BCUT2D eigenvalue weighted by molar-refractivity contribution is 0.635. The first-order valence-corrected chi connectivity index (χ1v) is 6.01. The van der Waals surface area contributed by atoms with Crippen LogP contribution in [0.25, 0.3) is 4.96 Å². The molecule has 5 nitrogen and oxygen atoms in total. The molecule has 0 aromatic carbocycles. The summed E-state index contributed by atoms with van der Waals surface area (Å²) in [4.78, 5) is 0.866. The van der Waals surface area contributed by atoms with Crippen molar-refractivity contribution in [1.82, 2.24) is 19.8 Å². The first-order valence-electron chi connectivity index (χ1n) is 5.20. The summed E-state index contributed by atoms with van der Waals surface area (Å²) in [7, 11) is 0. The van der Waals surface area contributed by atoms with E-state index >= 15 is 0 Å². The van der Waals surface area contributed by atoms with Gasteiger partial charge in [0.1, 0.15) is 5.01 Å². The number of nitrogens with two attached hydrogens (primary N) is 1. The van der Waals surface area contributed by atoms with Crippen LogP contribution in [0.3, 0.4) is 0 Å². The fourth-order valence-electron chi connectivity index (χ4n) is 1.37. The van der Waals surface area contributed by atoms with Crippen molar-refractivity contribution in [2.45, 2.75) is 39.2 Å². The van der Waals surface area contributed by atoms with Crippen molar-refractivity contribution in [3.05, 3.63) is 10.8 Å². The second-order valence-electron chi connectivity index (χ2n) is 3.53. The quantitative estimate of drug-likeness (QED) is 0.843. The largest absolute Gasteiger partial charge is 0.327 e. The van der Waals surface area contributed by atoms with E-state index in [1.165, 1.54) is 0 Å². The van der Waals surface area contributed by atoms with E-state index in [1.807, 2.05) is 11.4 Å². The number of hydrogen-bond acceptors (Lipinski definition) is 5. The van der Waals surface area contributed by atoms with Crippen molar-refractivity contribution in [2.75, 3.05) is 0 Å². The standard InChI is InChI=1S/C9H15N5S/c1-3-6(10)5-8-13-14-7(4-2)11-12-9(14)15-8/h6H,3-5,10H2,1-2H3. The van der Waals surface area contributed by atoms with Crippen LogP contribution in [0.4, 0.5) is 0 Å². The van der Waals surface area contributed by atoms with Crippen molar-refractivity contribution < 1.29 is 0 Å². The van der Waals surface area contributed by atoms with Crippen LogP contribution in [-0.2, 0) is 12.8 Å². The fraction of sp³-hybridized carbons (Fsp3) is 0.667. The molecule has 2 aromatic rings. The maximum absolute atomic E-state index is 5.89. The van der Waals surface area contributed by atoms with E-state index in [1.54, 1.807) is 11.3 Å². The molecule has 0 aliphatic rings. The third-order valence-corrected chi connectivity index (χ3v) is 3.30. The second-order valence-corrected chi connectivity index (χ2v) is 4.57. The maximum Gasteiger partial charge on any atom is 0.234 e. The van der Waals surface area contributed by atoms with Crippen LogP contribution in [0.5, 0.6) is 0 Å². The summed E-state index contributed by atoms with van der Waals surface area (Å²) >= 11 is 1.58. The van der Waals surface area contributed by atoms with Gasteiger partial charge < -0.3 is 5.73 Å². The summed E-state index contributed by atoms with van der Waals surface area (Å²) in [5.74, 6) is 0.914. The van der Waals surface area contributed by atoms with Gasteiger partial charge >= 0.3 is 0 Å². The number of aryl methyl sites for hydroxylation is 1. The third kappa shape index (κ3) is 2.00. The number of fused-ring (bicyclic) bond motifs is 1. The number of rotatable bonds is 4. The normalized spacial score (nSPS) is 13.5. The van der Waals surface area contributed by atoms with E-state index in [9.17, 15) is 0 Å². The fourth-order valence-corrected chi connectivity index (χ4v) is 2.31. The molecule has 0 aliphatic carbocycles. The highest BCUT2D eigenvalue weighted by atomic mass is 32.1. The molecule has 0 saturated carbocycles. The average molecular weight is 225 g/mol. The van der Waals surface area contributed by atoms with Gasteiger partial charge in [-0.05, 0) is 6.42 Å². The molecule has 2 heterocycles. The molecule has 0 aliphatic heterocycles. The van der Waals surface area contributed by atoms with Crippen LogP contribution in [0, 0.1) is 0 Å². The summed E-state index contributed by atoms with van der Waals surface area (Å²) in [5, 5.41) is 13.6. The Morgan fingerprint density at radius 1 is 1.40 bits per heavy atom. The molecule has 2 aromatic heterocycles. The lowest BCUT2D eigenvalue weighted by atomic mass is 10.2. The van der Waals surface area contributed by atoms with Gasteiger partial charge in [0.05, 0.1) is 0 Å². The Bertz CT molecular complexity index is 446. The van der Waals surface area contributed by atoms with E-state index < -0.39 is 0 Å². The number of aromatic nitrogens is 4. The zero-order valence-electron chi connectivity index (χ0n) is 8.97. The summed E-state index contributed by atoms with van der Waals surface area (Å²) in [5.41, 5.74) is 5.89. The molecule has 0 bridgehead atoms. The topological polar surface area (TPSA) is 69.1 Å². The van der Waals surface area contributed by atoms with Crippen molar-refractivity contribution >= 4 is 16.3 Å². The molecule has 2 rings (SSSR count). The summed E-state index contributed by atoms with van der Waals surface area (Å²) in [6.07, 6.45) is 2.65. The molecule has 0 saturated heterocycles. The maximum atomic E-state index is 5.89. The van der Waals surface area contributed by atoms with Gasteiger partial charge in [-0.15, -0.1) is 10.2 Å².